The smallest absolute Gasteiger partial charge is 0.225 e. The lowest BCUT2D eigenvalue weighted by Crippen LogP contribution is -2.56. The van der Waals surface area contributed by atoms with Crippen molar-refractivity contribution in [1.82, 2.24) is 15.2 Å². The first-order chi connectivity index (χ1) is 14.5. The van der Waals surface area contributed by atoms with Crippen molar-refractivity contribution < 1.29 is 14.0 Å². The monoisotopic (exact) mass is 427 g/mol. The van der Waals surface area contributed by atoms with Crippen molar-refractivity contribution >= 4 is 34.5 Å². The topological polar surface area (TPSA) is 75.4 Å². The van der Waals surface area contributed by atoms with Crippen molar-refractivity contribution in [2.45, 2.75) is 56.9 Å². The highest BCUT2D eigenvalue weighted by atomic mass is 35.5. The molecule has 1 aromatic heterocycles. The van der Waals surface area contributed by atoms with Crippen molar-refractivity contribution in [2.24, 2.45) is 17.3 Å². The lowest BCUT2D eigenvalue weighted by atomic mass is 9.50. The number of carbonyl (C=O) groups excluding carboxylic acids is 2. The summed E-state index contributed by atoms with van der Waals surface area (Å²) in [7, 11) is 0. The molecular weight excluding hydrogens is 402 g/mol. The first-order valence-electron chi connectivity index (χ1n) is 11.1. The molecule has 1 aromatic carbocycles. The second kappa shape index (κ2) is 6.71. The van der Waals surface area contributed by atoms with Gasteiger partial charge in [0, 0.05) is 36.0 Å². The molecule has 2 heterocycles. The van der Waals surface area contributed by atoms with Crippen molar-refractivity contribution in [1.29, 1.82) is 0 Å². The normalized spacial score (nSPS) is 32.8. The summed E-state index contributed by atoms with van der Waals surface area (Å²) in [6, 6.07) is 5.82. The molecule has 3 aliphatic carbocycles. The van der Waals surface area contributed by atoms with E-state index in [4.69, 9.17) is 16.0 Å². The summed E-state index contributed by atoms with van der Waals surface area (Å²) < 4.78 is 5.93. The van der Waals surface area contributed by atoms with E-state index >= 15 is 0 Å². The van der Waals surface area contributed by atoms with E-state index in [-0.39, 0.29) is 29.7 Å². The molecule has 1 unspecified atom stereocenters. The number of rotatable bonds is 4. The number of nitrogens with zero attached hydrogens (tertiary/aromatic N) is 2. The maximum atomic E-state index is 12.6. The molecule has 4 aliphatic rings. The van der Waals surface area contributed by atoms with Gasteiger partial charge >= 0.3 is 0 Å². The van der Waals surface area contributed by atoms with Gasteiger partial charge in [0.15, 0.2) is 11.5 Å². The van der Waals surface area contributed by atoms with Crippen LogP contribution in [0.4, 0.5) is 0 Å². The Hall–Kier alpha value is -2.08. The van der Waals surface area contributed by atoms with Gasteiger partial charge in [-0.05, 0) is 68.6 Å². The Kier molecular flexibility index (Phi) is 4.18. The maximum Gasteiger partial charge on any atom is 0.225 e. The average Bonchev–Trinajstić information content (AvgIpc) is 3.24. The van der Waals surface area contributed by atoms with Gasteiger partial charge < -0.3 is 14.6 Å². The Balaban J connectivity index is 0.987. The van der Waals surface area contributed by atoms with Crippen molar-refractivity contribution in [2.75, 3.05) is 13.1 Å². The van der Waals surface area contributed by atoms with Crippen LogP contribution < -0.4 is 5.32 Å². The SMILES string of the molecule is O=C(NC1CC2(C1)CC(c1nc3cc(Cl)ccc3o1)C2)C1CCN(C(=O)C2CC2)C1. The first-order valence-corrected chi connectivity index (χ1v) is 11.5. The van der Waals surface area contributed by atoms with Gasteiger partial charge in [-0.1, -0.05) is 11.6 Å². The summed E-state index contributed by atoms with van der Waals surface area (Å²) in [6.07, 6.45) is 7.08. The largest absolute Gasteiger partial charge is 0.440 e. The summed E-state index contributed by atoms with van der Waals surface area (Å²) in [6.45, 7) is 1.34. The van der Waals surface area contributed by atoms with Crippen molar-refractivity contribution in [3.8, 4) is 0 Å². The molecule has 0 bridgehead atoms. The Bertz CT molecular complexity index is 1020. The molecule has 7 heteroatoms. The molecule has 1 aliphatic heterocycles. The van der Waals surface area contributed by atoms with E-state index in [1.165, 1.54) is 0 Å². The van der Waals surface area contributed by atoms with Crippen LogP contribution in [0.15, 0.2) is 22.6 Å². The van der Waals surface area contributed by atoms with Crippen molar-refractivity contribution in [3.05, 3.63) is 29.1 Å². The second-order valence-electron chi connectivity index (χ2n) is 9.93. The van der Waals surface area contributed by atoms with E-state index in [1.54, 1.807) is 0 Å². The van der Waals surface area contributed by atoms with E-state index in [9.17, 15) is 9.59 Å². The zero-order chi connectivity index (χ0) is 20.5. The van der Waals surface area contributed by atoms with Gasteiger partial charge in [-0.2, -0.15) is 0 Å². The van der Waals surface area contributed by atoms with E-state index in [0.717, 1.165) is 68.5 Å². The molecule has 6 nitrogen and oxygen atoms in total. The second-order valence-corrected chi connectivity index (χ2v) is 10.4. The van der Waals surface area contributed by atoms with Gasteiger partial charge in [-0.25, -0.2) is 4.98 Å². The summed E-state index contributed by atoms with van der Waals surface area (Å²) in [4.78, 5) is 31.4. The van der Waals surface area contributed by atoms with Gasteiger partial charge in [-0.3, -0.25) is 9.59 Å². The molecule has 3 saturated carbocycles. The fourth-order valence-electron chi connectivity index (χ4n) is 5.76. The summed E-state index contributed by atoms with van der Waals surface area (Å²) in [5.74, 6) is 1.77. The highest BCUT2D eigenvalue weighted by Crippen LogP contribution is 2.61. The molecule has 1 N–H and O–H groups in total. The minimum absolute atomic E-state index is 0.0371. The third kappa shape index (κ3) is 3.20. The molecule has 1 atom stereocenters. The van der Waals surface area contributed by atoms with Gasteiger partial charge in [0.1, 0.15) is 5.52 Å². The van der Waals surface area contributed by atoms with Crippen LogP contribution in [0.25, 0.3) is 11.1 Å². The predicted molar refractivity (Wildman–Crippen MR) is 112 cm³/mol. The number of benzene rings is 1. The molecule has 1 spiro atoms. The van der Waals surface area contributed by atoms with E-state index in [2.05, 4.69) is 10.3 Å². The summed E-state index contributed by atoms with van der Waals surface area (Å²) in [5.41, 5.74) is 1.95. The summed E-state index contributed by atoms with van der Waals surface area (Å²) >= 11 is 6.04. The zero-order valence-corrected chi connectivity index (χ0v) is 17.7. The lowest BCUT2D eigenvalue weighted by Gasteiger charge is -2.57. The molecule has 30 heavy (non-hydrogen) atoms. The standard InChI is InChI=1S/C23H26ClN3O3/c24-16-3-4-19-18(7-16)26-21(30-19)15-8-23(9-15)10-17(11-23)25-20(28)14-5-6-27(12-14)22(29)13-1-2-13/h3-4,7,13-15,17H,1-2,5-6,8-12H2,(H,25,28). The number of hydrogen-bond donors (Lipinski definition) is 1. The van der Waals surface area contributed by atoms with Crippen LogP contribution in [0.1, 0.15) is 56.8 Å². The molecule has 2 aromatic rings. The van der Waals surface area contributed by atoms with Gasteiger partial charge in [0.2, 0.25) is 11.8 Å². The minimum Gasteiger partial charge on any atom is -0.440 e. The highest BCUT2D eigenvalue weighted by Gasteiger charge is 2.55. The van der Waals surface area contributed by atoms with E-state index in [1.807, 2.05) is 23.1 Å². The van der Waals surface area contributed by atoms with Crippen LogP contribution in [0.5, 0.6) is 0 Å². The number of aromatic nitrogens is 1. The third-order valence-corrected chi connectivity index (χ3v) is 7.81. The molecular formula is C23H26ClN3O3. The van der Waals surface area contributed by atoms with Crippen LogP contribution in [-0.4, -0.2) is 40.8 Å². The lowest BCUT2D eigenvalue weighted by molar-refractivity contribution is -0.132. The quantitative estimate of drug-likeness (QED) is 0.803. The third-order valence-electron chi connectivity index (χ3n) is 7.58. The number of likely N-dealkylation sites (tertiary alicyclic amines) is 1. The first kappa shape index (κ1) is 18.7. The van der Waals surface area contributed by atoms with Crippen LogP contribution >= 0.6 is 11.6 Å². The number of oxazole rings is 1. The van der Waals surface area contributed by atoms with Crippen LogP contribution in [0, 0.1) is 17.3 Å². The van der Waals surface area contributed by atoms with Crippen LogP contribution in [0.3, 0.4) is 0 Å². The summed E-state index contributed by atoms with van der Waals surface area (Å²) in [5, 5.41) is 3.91. The Morgan fingerprint density at radius 1 is 1.13 bits per heavy atom. The van der Waals surface area contributed by atoms with Gasteiger partial charge in [-0.15, -0.1) is 0 Å². The fraction of sp³-hybridized carbons (Fsp3) is 0.609. The predicted octanol–water partition coefficient (Wildman–Crippen LogP) is 3.88. The Morgan fingerprint density at radius 2 is 1.93 bits per heavy atom. The van der Waals surface area contributed by atoms with Gasteiger partial charge in [0.05, 0.1) is 5.92 Å². The number of fused-ring (bicyclic) bond motifs is 1. The van der Waals surface area contributed by atoms with Crippen molar-refractivity contribution in [3.63, 3.8) is 0 Å². The zero-order valence-electron chi connectivity index (χ0n) is 16.9. The number of hydrogen-bond acceptors (Lipinski definition) is 4. The molecule has 0 radical (unpaired) electrons. The molecule has 6 rings (SSSR count). The van der Waals surface area contributed by atoms with E-state index < -0.39 is 0 Å². The molecule has 4 fully saturated rings. The molecule has 158 valence electrons. The van der Waals surface area contributed by atoms with E-state index in [0.29, 0.717) is 22.9 Å². The minimum atomic E-state index is -0.0371. The number of amides is 2. The highest BCUT2D eigenvalue weighted by molar-refractivity contribution is 6.31. The molecule has 2 amide bonds. The van der Waals surface area contributed by atoms with Gasteiger partial charge in [0.25, 0.3) is 0 Å². The molecule has 1 saturated heterocycles. The Morgan fingerprint density at radius 3 is 2.70 bits per heavy atom. The van der Waals surface area contributed by atoms with Crippen LogP contribution in [-0.2, 0) is 9.59 Å². The number of halogens is 1. The maximum absolute atomic E-state index is 12.6. The van der Waals surface area contributed by atoms with Crippen LogP contribution in [0.2, 0.25) is 5.02 Å². The number of nitrogens with one attached hydrogen (secondary N) is 1. The average molecular weight is 428 g/mol. The number of carbonyl (C=O) groups is 2. The Labute approximate surface area is 180 Å². The fourth-order valence-corrected chi connectivity index (χ4v) is 5.92.